The summed E-state index contributed by atoms with van der Waals surface area (Å²) in [6.07, 6.45) is 2.50. The van der Waals surface area contributed by atoms with E-state index in [4.69, 9.17) is 10.5 Å². The van der Waals surface area contributed by atoms with Crippen LogP contribution >= 0.6 is 0 Å². The molecule has 1 aromatic rings. The summed E-state index contributed by atoms with van der Waals surface area (Å²) < 4.78 is 5.53. The summed E-state index contributed by atoms with van der Waals surface area (Å²) in [6.45, 7) is 6.03. The lowest BCUT2D eigenvalue weighted by molar-refractivity contribution is 0.0411. The van der Waals surface area contributed by atoms with Gasteiger partial charge in [-0.05, 0) is 49.9 Å². The van der Waals surface area contributed by atoms with Gasteiger partial charge in [0.05, 0.1) is 6.61 Å². The predicted octanol–water partition coefficient (Wildman–Crippen LogP) is 2.44. The Labute approximate surface area is 110 Å². The van der Waals surface area contributed by atoms with Crippen LogP contribution in [0.25, 0.3) is 0 Å². The molecule has 1 atom stereocenters. The molecule has 0 radical (unpaired) electrons. The summed E-state index contributed by atoms with van der Waals surface area (Å²) in [5.74, 6) is 0.685. The Morgan fingerprint density at radius 2 is 2.28 bits per heavy atom. The Balaban J connectivity index is 1.90. The molecule has 0 spiro atoms. The molecule has 18 heavy (non-hydrogen) atoms. The second-order valence-corrected chi connectivity index (χ2v) is 5.41. The summed E-state index contributed by atoms with van der Waals surface area (Å²) in [5.41, 5.74) is 9.37. The second-order valence-electron chi connectivity index (χ2n) is 5.41. The largest absolute Gasteiger partial charge is 0.399 e. The molecule has 0 bridgehead atoms. The van der Waals surface area contributed by atoms with Crippen molar-refractivity contribution in [1.82, 2.24) is 4.90 Å². The van der Waals surface area contributed by atoms with Crippen LogP contribution in [0, 0.1) is 12.8 Å². The minimum atomic E-state index is 0.685. The Hall–Kier alpha value is -1.06. The van der Waals surface area contributed by atoms with Crippen molar-refractivity contribution in [3.63, 3.8) is 0 Å². The molecule has 1 unspecified atom stereocenters. The lowest BCUT2D eigenvalue weighted by atomic mass is 10.0. The number of anilines is 1. The van der Waals surface area contributed by atoms with Gasteiger partial charge in [0.1, 0.15) is 0 Å². The first-order valence-corrected chi connectivity index (χ1v) is 6.77. The van der Waals surface area contributed by atoms with Crippen molar-refractivity contribution in [3.8, 4) is 0 Å². The van der Waals surface area contributed by atoms with Gasteiger partial charge in [-0.1, -0.05) is 12.1 Å². The lowest BCUT2D eigenvalue weighted by Gasteiger charge is -2.27. The fraction of sp³-hybridized carbons (Fsp3) is 0.600. The van der Waals surface area contributed by atoms with Crippen molar-refractivity contribution < 1.29 is 4.74 Å². The number of nitrogens with zero attached hydrogens (tertiary/aromatic N) is 1. The molecular weight excluding hydrogens is 224 g/mol. The van der Waals surface area contributed by atoms with Crippen LogP contribution in [0.3, 0.4) is 0 Å². The zero-order valence-corrected chi connectivity index (χ0v) is 11.5. The number of nitrogen functional groups attached to an aromatic ring is 1. The first-order valence-electron chi connectivity index (χ1n) is 6.77. The van der Waals surface area contributed by atoms with E-state index in [-0.39, 0.29) is 0 Å². The van der Waals surface area contributed by atoms with Crippen molar-refractivity contribution in [3.05, 3.63) is 29.3 Å². The number of ether oxygens (including phenoxy) is 1. The van der Waals surface area contributed by atoms with E-state index in [1.54, 1.807) is 0 Å². The van der Waals surface area contributed by atoms with Gasteiger partial charge in [0.25, 0.3) is 0 Å². The maximum Gasteiger partial charge on any atom is 0.0506 e. The van der Waals surface area contributed by atoms with Crippen molar-refractivity contribution >= 4 is 5.69 Å². The van der Waals surface area contributed by atoms with Crippen LogP contribution in [0.2, 0.25) is 0 Å². The Morgan fingerprint density at radius 3 is 3.00 bits per heavy atom. The molecule has 2 rings (SSSR count). The Kier molecular flexibility index (Phi) is 4.61. The highest BCUT2D eigenvalue weighted by molar-refractivity contribution is 5.49. The summed E-state index contributed by atoms with van der Waals surface area (Å²) in [7, 11) is 2.18. The third kappa shape index (κ3) is 3.47. The quantitative estimate of drug-likeness (QED) is 0.832. The highest BCUT2D eigenvalue weighted by Crippen LogP contribution is 2.19. The molecule has 100 valence electrons. The SMILES string of the molecule is Cc1c(N)cccc1CN(C)CC1CCCOC1. The summed E-state index contributed by atoms with van der Waals surface area (Å²) in [6, 6.07) is 6.17. The molecule has 1 fully saturated rings. The average molecular weight is 248 g/mol. The number of hydrogen-bond acceptors (Lipinski definition) is 3. The zero-order valence-electron chi connectivity index (χ0n) is 11.5. The van der Waals surface area contributed by atoms with E-state index < -0.39 is 0 Å². The molecule has 0 aromatic heterocycles. The van der Waals surface area contributed by atoms with Crippen LogP contribution in [-0.2, 0) is 11.3 Å². The van der Waals surface area contributed by atoms with Gasteiger partial charge in [-0.2, -0.15) is 0 Å². The van der Waals surface area contributed by atoms with Crippen LogP contribution in [0.15, 0.2) is 18.2 Å². The first kappa shape index (κ1) is 13.4. The fourth-order valence-corrected chi connectivity index (χ4v) is 2.62. The number of benzene rings is 1. The maximum atomic E-state index is 5.94. The molecule has 0 amide bonds. The zero-order chi connectivity index (χ0) is 13.0. The second kappa shape index (κ2) is 6.21. The molecule has 2 N–H and O–H groups in total. The van der Waals surface area contributed by atoms with Crippen LogP contribution in [0.5, 0.6) is 0 Å². The van der Waals surface area contributed by atoms with Crippen LogP contribution in [0.4, 0.5) is 5.69 Å². The van der Waals surface area contributed by atoms with E-state index in [9.17, 15) is 0 Å². The standard InChI is InChI=1S/C15H24N2O/c1-12-14(6-3-7-15(12)16)10-17(2)9-13-5-4-8-18-11-13/h3,6-7,13H,4-5,8-11,16H2,1-2H3. The van der Waals surface area contributed by atoms with Gasteiger partial charge < -0.3 is 15.4 Å². The molecular formula is C15H24N2O. The van der Waals surface area contributed by atoms with Gasteiger partial charge in [0.2, 0.25) is 0 Å². The highest BCUT2D eigenvalue weighted by atomic mass is 16.5. The molecule has 3 heteroatoms. The number of rotatable bonds is 4. The maximum absolute atomic E-state index is 5.94. The predicted molar refractivity (Wildman–Crippen MR) is 75.5 cm³/mol. The lowest BCUT2D eigenvalue weighted by Crippen LogP contribution is -2.30. The van der Waals surface area contributed by atoms with Crippen molar-refractivity contribution in [2.45, 2.75) is 26.3 Å². The van der Waals surface area contributed by atoms with Crippen LogP contribution < -0.4 is 5.73 Å². The third-order valence-corrected chi connectivity index (χ3v) is 3.75. The minimum absolute atomic E-state index is 0.685. The van der Waals surface area contributed by atoms with Gasteiger partial charge >= 0.3 is 0 Å². The fourth-order valence-electron chi connectivity index (χ4n) is 2.62. The van der Waals surface area contributed by atoms with Gasteiger partial charge in [-0.25, -0.2) is 0 Å². The van der Waals surface area contributed by atoms with Gasteiger partial charge in [0.15, 0.2) is 0 Å². The van der Waals surface area contributed by atoms with E-state index in [1.807, 2.05) is 12.1 Å². The molecule has 0 aliphatic carbocycles. The Morgan fingerprint density at radius 1 is 1.44 bits per heavy atom. The molecule has 0 saturated carbocycles. The number of hydrogen-bond donors (Lipinski definition) is 1. The third-order valence-electron chi connectivity index (χ3n) is 3.75. The molecule has 1 aliphatic rings. The highest BCUT2D eigenvalue weighted by Gasteiger charge is 2.16. The van der Waals surface area contributed by atoms with Gasteiger partial charge in [0, 0.05) is 25.4 Å². The van der Waals surface area contributed by atoms with E-state index in [2.05, 4.69) is 24.9 Å². The molecule has 1 aromatic carbocycles. The average Bonchev–Trinajstić information content (AvgIpc) is 2.36. The topological polar surface area (TPSA) is 38.5 Å². The van der Waals surface area contributed by atoms with Crippen LogP contribution in [-0.4, -0.2) is 31.7 Å². The van der Waals surface area contributed by atoms with Gasteiger partial charge in [-0.15, -0.1) is 0 Å². The molecule has 3 nitrogen and oxygen atoms in total. The van der Waals surface area contributed by atoms with E-state index in [1.165, 1.54) is 24.0 Å². The van der Waals surface area contributed by atoms with Crippen molar-refractivity contribution in [1.29, 1.82) is 0 Å². The molecule has 1 aliphatic heterocycles. The van der Waals surface area contributed by atoms with Crippen LogP contribution in [0.1, 0.15) is 24.0 Å². The van der Waals surface area contributed by atoms with Crippen molar-refractivity contribution in [2.24, 2.45) is 5.92 Å². The van der Waals surface area contributed by atoms with E-state index in [0.29, 0.717) is 5.92 Å². The van der Waals surface area contributed by atoms with Gasteiger partial charge in [-0.3, -0.25) is 0 Å². The normalized spacial score (nSPS) is 20.3. The number of nitrogens with two attached hydrogens (primary N) is 1. The van der Waals surface area contributed by atoms with E-state index in [0.717, 1.165) is 32.0 Å². The minimum Gasteiger partial charge on any atom is -0.399 e. The monoisotopic (exact) mass is 248 g/mol. The molecule has 1 heterocycles. The van der Waals surface area contributed by atoms with E-state index >= 15 is 0 Å². The Bertz CT molecular complexity index is 386. The summed E-state index contributed by atoms with van der Waals surface area (Å²) in [5, 5.41) is 0. The van der Waals surface area contributed by atoms with Crippen molar-refractivity contribution in [2.75, 3.05) is 32.5 Å². The smallest absolute Gasteiger partial charge is 0.0506 e. The summed E-state index contributed by atoms with van der Waals surface area (Å²) in [4.78, 5) is 2.38. The first-order chi connectivity index (χ1) is 8.66. The molecule has 1 saturated heterocycles. The summed E-state index contributed by atoms with van der Waals surface area (Å²) >= 11 is 0.